The molecular formula is C22H21N5O2S. The number of anilines is 2. The van der Waals surface area contributed by atoms with E-state index in [9.17, 15) is 0 Å². The third-order valence-electron chi connectivity index (χ3n) is 5.73. The molecule has 1 unspecified atom stereocenters. The van der Waals surface area contributed by atoms with Crippen LogP contribution in [0, 0.1) is 0 Å². The van der Waals surface area contributed by atoms with Gasteiger partial charge in [-0.1, -0.05) is 23.5 Å². The summed E-state index contributed by atoms with van der Waals surface area (Å²) in [7, 11) is 0. The Morgan fingerprint density at radius 1 is 1.07 bits per heavy atom. The molecule has 2 aromatic carbocycles. The fourth-order valence-electron chi connectivity index (χ4n) is 3.94. The van der Waals surface area contributed by atoms with Crippen LogP contribution in [0.3, 0.4) is 0 Å². The molecule has 3 aliphatic rings. The summed E-state index contributed by atoms with van der Waals surface area (Å²) in [5.41, 5.74) is 10.7. The van der Waals surface area contributed by atoms with Gasteiger partial charge in [-0.25, -0.2) is 5.01 Å². The molecule has 30 heavy (non-hydrogen) atoms. The van der Waals surface area contributed by atoms with E-state index in [4.69, 9.17) is 20.3 Å². The number of rotatable bonds is 3. The molecule has 0 spiro atoms. The third kappa shape index (κ3) is 2.99. The summed E-state index contributed by atoms with van der Waals surface area (Å²) >= 11 is 1.65. The van der Waals surface area contributed by atoms with Gasteiger partial charge in [0.1, 0.15) is 5.01 Å². The SMILES string of the molecule is CC1Cc2cc3c(cc2C(c2ccc(N)cc2)=NN1c1nnc(C2CC2)s1)OCO3. The summed E-state index contributed by atoms with van der Waals surface area (Å²) in [5.74, 6) is 2.12. The minimum Gasteiger partial charge on any atom is -0.454 e. The van der Waals surface area contributed by atoms with Crippen LogP contribution in [0.1, 0.15) is 47.4 Å². The monoisotopic (exact) mass is 419 g/mol. The van der Waals surface area contributed by atoms with Crippen molar-refractivity contribution in [1.82, 2.24) is 10.2 Å². The molecule has 2 N–H and O–H groups in total. The number of fused-ring (bicyclic) bond motifs is 2. The summed E-state index contributed by atoms with van der Waals surface area (Å²) < 4.78 is 11.3. The average molecular weight is 420 g/mol. The zero-order valence-electron chi connectivity index (χ0n) is 16.5. The Morgan fingerprint density at radius 3 is 2.60 bits per heavy atom. The van der Waals surface area contributed by atoms with E-state index in [1.54, 1.807) is 11.3 Å². The fraction of sp³-hybridized carbons (Fsp3) is 0.318. The normalized spacial score (nSPS) is 20.0. The molecule has 8 heteroatoms. The first kappa shape index (κ1) is 17.7. The van der Waals surface area contributed by atoms with Gasteiger partial charge >= 0.3 is 0 Å². The quantitative estimate of drug-likeness (QED) is 0.648. The first-order valence-electron chi connectivity index (χ1n) is 10.2. The number of nitrogens with zero attached hydrogens (tertiary/aromatic N) is 4. The van der Waals surface area contributed by atoms with Crippen molar-refractivity contribution in [3.05, 3.63) is 58.1 Å². The van der Waals surface area contributed by atoms with E-state index in [2.05, 4.69) is 23.2 Å². The van der Waals surface area contributed by atoms with E-state index in [1.165, 1.54) is 18.4 Å². The second-order valence-corrected chi connectivity index (χ2v) is 9.02. The third-order valence-corrected chi connectivity index (χ3v) is 6.81. The van der Waals surface area contributed by atoms with E-state index in [0.717, 1.165) is 50.6 Å². The smallest absolute Gasteiger partial charge is 0.231 e. The Kier molecular flexibility index (Phi) is 3.95. The Bertz CT molecular complexity index is 1150. The van der Waals surface area contributed by atoms with Crippen molar-refractivity contribution in [2.24, 2.45) is 5.10 Å². The second-order valence-electron chi connectivity index (χ2n) is 8.03. The fourth-order valence-corrected chi connectivity index (χ4v) is 5.01. The standard InChI is InChI=1S/C22H21N5O2S/c1-12-8-15-9-18-19(29-11-28-18)10-17(15)20(13-4-6-16(23)7-5-13)26-27(12)22-25-24-21(30-22)14-2-3-14/h4-7,9-10,12,14H,2-3,8,11,23H2,1H3. The number of hydrogen-bond donors (Lipinski definition) is 1. The van der Waals surface area contributed by atoms with Crippen molar-refractivity contribution in [2.45, 2.75) is 38.1 Å². The molecule has 1 atom stereocenters. The van der Waals surface area contributed by atoms with Crippen molar-refractivity contribution in [3.63, 3.8) is 0 Å². The van der Waals surface area contributed by atoms with Gasteiger partial charge < -0.3 is 15.2 Å². The van der Waals surface area contributed by atoms with Gasteiger partial charge in [0.05, 0.1) is 11.8 Å². The predicted molar refractivity (Wildman–Crippen MR) is 117 cm³/mol. The van der Waals surface area contributed by atoms with E-state index >= 15 is 0 Å². The van der Waals surface area contributed by atoms with Crippen molar-refractivity contribution in [3.8, 4) is 11.5 Å². The Morgan fingerprint density at radius 2 is 1.83 bits per heavy atom. The minimum absolute atomic E-state index is 0.121. The number of aromatic nitrogens is 2. The van der Waals surface area contributed by atoms with E-state index < -0.39 is 0 Å². The molecule has 2 aliphatic heterocycles. The molecule has 0 saturated heterocycles. The lowest BCUT2D eigenvalue weighted by Crippen LogP contribution is -2.29. The molecule has 0 bridgehead atoms. The molecular weight excluding hydrogens is 398 g/mol. The van der Waals surface area contributed by atoms with Gasteiger partial charge in [-0.15, -0.1) is 10.2 Å². The van der Waals surface area contributed by atoms with Crippen LogP contribution in [0.5, 0.6) is 11.5 Å². The molecule has 7 nitrogen and oxygen atoms in total. The van der Waals surface area contributed by atoms with Crippen LogP contribution in [0.2, 0.25) is 0 Å². The maximum absolute atomic E-state index is 5.93. The minimum atomic E-state index is 0.121. The Labute approximate surface area is 178 Å². The molecule has 0 radical (unpaired) electrons. The topological polar surface area (TPSA) is 85.9 Å². The number of nitrogens with two attached hydrogens (primary N) is 1. The average Bonchev–Trinajstić information content (AvgIpc) is 3.34. The van der Waals surface area contributed by atoms with Gasteiger partial charge in [0.15, 0.2) is 11.5 Å². The molecule has 1 saturated carbocycles. The lowest BCUT2D eigenvalue weighted by atomic mass is 9.94. The number of hydrazone groups is 1. The molecule has 0 amide bonds. The maximum atomic E-state index is 5.93. The number of benzene rings is 2. The maximum Gasteiger partial charge on any atom is 0.231 e. The molecule has 1 fully saturated rings. The Hall–Kier alpha value is -3.13. The summed E-state index contributed by atoms with van der Waals surface area (Å²) in [5, 5.41) is 18.0. The van der Waals surface area contributed by atoms with Crippen LogP contribution < -0.4 is 20.2 Å². The lowest BCUT2D eigenvalue weighted by Gasteiger charge is -2.21. The van der Waals surface area contributed by atoms with Crippen molar-refractivity contribution in [1.29, 1.82) is 0 Å². The van der Waals surface area contributed by atoms with Crippen LogP contribution >= 0.6 is 11.3 Å². The summed E-state index contributed by atoms with van der Waals surface area (Å²) in [6.07, 6.45) is 3.23. The molecule has 3 heterocycles. The van der Waals surface area contributed by atoms with Crippen molar-refractivity contribution in [2.75, 3.05) is 17.5 Å². The van der Waals surface area contributed by atoms with Gasteiger partial charge in [0.25, 0.3) is 0 Å². The highest BCUT2D eigenvalue weighted by Gasteiger charge is 2.32. The zero-order chi connectivity index (χ0) is 20.2. The second kappa shape index (κ2) is 6.70. The summed E-state index contributed by atoms with van der Waals surface area (Å²) in [6, 6.07) is 12.1. The van der Waals surface area contributed by atoms with Crippen LogP contribution in [0.15, 0.2) is 41.5 Å². The largest absolute Gasteiger partial charge is 0.454 e. The molecule has 152 valence electrons. The molecule has 6 rings (SSSR count). The van der Waals surface area contributed by atoms with Gasteiger partial charge in [0, 0.05) is 22.7 Å². The summed E-state index contributed by atoms with van der Waals surface area (Å²) in [4.78, 5) is 0. The highest BCUT2D eigenvalue weighted by atomic mass is 32.1. The van der Waals surface area contributed by atoms with Gasteiger partial charge in [-0.3, -0.25) is 0 Å². The summed E-state index contributed by atoms with van der Waals surface area (Å²) in [6.45, 7) is 2.42. The first-order chi connectivity index (χ1) is 14.7. The van der Waals surface area contributed by atoms with Gasteiger partial charge in [-0.05, 0) is 56.0 Å². The van der Waals surface area contributed by atoms with Crippen LogP contribution in [-0.4, -0.2) is 28.7 Å². The van der Waals surface area contributed by atoms with Crippen molar-refractivity contribution < 1.29 is 9.47 Å². The lowest BCUT2D eigenvalue weighted by molar-refractivity contribution is 0.174. The molecule has 1 aliphatic carbocycles. The highest BCUT2D eigenvalue weighted by molar-refractivity contribution is 7.15. The van der Waals surface area contributed by atoms with Gasteiger partial charge in [-0.2, -0.15) is 5.10 Å². The zero-order valence-corrected chi connectivity index (χ0v) is 17.4. The Balaban J connectivity index is 1.50. The first-order valence-corrected chi connectivity index (χ1v) is 11.0. The van der Waals surface area contributed by atoms with Crippen LogP contribution in [0.4, 0.5) is 10.8 Å². The number of ether oxygens (including phenoxy) is 2. The predicted octanol–water partition coefficient (Wildman–Crippen LogP) is 3.93. The van der Waals surface area contributed by atoms with Crippen LogP contribution in [-0.2, 0) is 6.42 Å². The van der Waals surface area contributed by atoms with E-state index in [0.29, 0.717) is 5.92 Å². The van der Waals surface area contributed by atoms with E-state index in [1.807, 2.05) is 35.3 Å². The van der Waals surface area contributed by atoms with Gasteiger partial charge in [0.2, 0.25) is 11.9 Å². The highest BCUT2D eigenvalue weighted by Crippen LogP contribution is 2.43. The van der Waals surface area contributed by atoms with Crippen molar-refractivity contribution >= 4 is 27.9 Å². The molecule has 1 aromatic heterocycles. The number of hydrogen-bond acceptors (Lipinski definition) is 8. The molecule has 3 aromatic rings. The van der Waals surface area contributed by atoms with E-state index in [-0.39, 0.29) is 12.8 Å². The van der Waals surface area contributed by atoms with Crippen LogP contribution in [0.25, 0.3) is 0 Å². The number of nitrogen functional groups attached to an aromatic ring is 1.